The van der Waals surface area contributed by atoms with Crippen LogP contribution in [0.5, 0.6) is 11.5 Å². The van der Waals surface area contributed by atoms with Crippen molar-refractivity contribution in [2.75, 3.05) is 27.3 Å². The lowest BCUT2D eigenvalue weighted by Crippen LogP contribution is -2.42. The van der Waals surface area contributed by atoms with Crippen molar-refractivity contribution in [2.24, 2.45) is 17.8 Å². The summed E-state index contributed by atoms with van der Waals surface area (Å²) in [5, 5.41) is 6.89. The molecule has 2 unspecified atom stereocenters. The molecule has 2 aliphatic heterocycles. The van der Waals surface area contributed by atoms with Crippen LogP contribution in [-0.4, -0.2) is 43.8 Å². The van der Waals surface area contributed by atoms with Crippen molar-refractivity contribution in [1.29, 1.82) is 0 Å². The number of nitrogens with zero attached hydrogens (tertiary/aromatic N) is 1. The van der Waals surface area contributed by atoms with Gasteiger partial charge in [-0.1, -0.05) is 54.9 Å². The highest BCUT2D eigenvalue weighted by Crippen LogP contribution is 2.43. The van der Waals surface area contributed by atoms with Gasteiger partial charge >= 0.3 is 0 Å². The first-order valence-corrected chi connectivity index (χ1v) is 12.4. The molecule has 0 saturated carbocycles. The number of carbonyl (C=O) groups is 1. The van der Waals surface area contributed by atoms with Gasteiger partial charge in [-0.2, -0.15) is 0 Å². The van der Waals surface area contributed by atoms with E-state index in [-0.39, 0.29) is 6.47 Å². The molecule has 2 heterocycles. The van der Waals surface area contributed by atoms with Crippen LogP contribution >= 0.6 is 0 Å². The Kier molecular flexibility index (Phi) is 15.9. The molecule has 32 heavy (non-hydrogen) atoms. The van der Waals surface area contributed by atoms with Gasteiger partial charge in [-0.15, -0.1) is 0 Å². The van der Waals surface area contributed by atoms with Gasteiger partial charge < -0.3 is 14.6 Å². The number of piperidine rings is 1. The molecule has 1 aromatic rings. The SMILES string of the molecule is CC.CCC(C)C.COc1cc2c(cc1OC)C1CCC(CC(C)C)CN1CC2.O=CO. The lowest BCUT2D eigenvalue weighted by Gasteiger charge is -2.44. The minimum atomic E-state index is -0.250. The van der Waals surface area contributed by atoms with Crippen molar-refractivity contribution in [2.45, 2.75) is 86.6 Å². The largest absolute Gasteiger partial charge is 0.493 e. The number of carboxylic acid groups (broad SMARTS) is 1. The van der Waals surface area contributed by atoms with E-state index in [0.717, 1.165) is 35.7 Å². The normalized spacial score (nSPS) is 19.1. The van der Waals surface area contributed by atoms with Gasteiger partial charge in [0.15, 0.2) is 11.5 Å². The second-order valence-electron chi connectivity index (χ2n) is 9.15. The Morgan fingerprint density at radius 2 is 1.59 bits per heavy atom. The topological polar surface area (TPSA) is 59.0 Å². The van der Waals surface area contributed by atoms with Crippen LogP contribution in [0.2, 0.25) is 0 Å². The van der Waals surface area contributed by atoms with Gasteiger partial charge in [0.25, 0.3) is 6.47 Å². The van der Waals surface area contributed by atoms with Gasteiger partial charge in [0.2, 0.25) is 0 Å². The van der Waals surface area contributed by atoms with E-state index in [2.05, 4.69) is 51.7 Å². The minimum absolute atomic E-state index is 0.250. The zero-order valence-electron chi connectivity index (χ0n) is 22.1. The Balaban J connectivity index is 0.000000822. The molecule has 1 N–H and O–H groups in total. The second-order valence-corrected chi connectivity index (χ2v) is 9.15. The molecule has 0 amide bonds. The smallest absolute Gasteiger partial charge is 0.290 e. The molecule has 0 aliphatic carbocycles. The minimum Gasteiger partial charge on any atom is -0.493 e. The third kappa shape index (κ3) is 9.81. The van der Waals surface area contributed by atoms with Crippen LogP contribution in [0.4, 0.5) is 0 Å². The van der Waals surface area contributed by atoms with Gasteiger partial charge in [-0.05, 0) is 66.7 Å². The molecular weight excluding hydrogens is 402 g/mol. The zero-order valence-corrected chi connectivity index (χ0v) is 22.1. The standard InChI is InChI=1S/C19H29NO2.C5H12.C2H6.CH2O2/c1-13(2)9-14-5-6-17-16-11-19(22-4)18(21-3)10-15(16)7-8-20(17)12-14;1-4-5(2)3;1-2;2-1-3/h10-11,13-14,17H,5-9,12H2,1-4H3;5H,4H2,1-3H3;1-2H3;1H,(H,2,3). The second kappa shape index (κ2) is 16.8. The Morgan fingerprint density at radius 1 is 1.06 bits per heavy atom. The fourth-order valence-corrected chi connectivity index (χ4v) is 4.31. The molecule has 3 rings (SSSR count). The highest BCUT2D eigenvalue weighted by Gasteiger charge is 2.34. The van der Waals surface area contributed by atoms with Crippen LogP contribution in [0.25, 0.3) is 0 Å². The van der Waals surface area contributed by atoms with Gasteiger partial charge in [-0.3, -0.25) is 9.69 Å². The van der Waals surface area contributed by atoms with E-state index in [9.17, 15) is 0 Å². The highest BCUT2D eigenvalue weighted by molar-refractivity contribution is 5.49. The first kappa shape index (κ1) is 30.2. The van der Waals surface area contributed by atoms with E-state index in [1.807, 2.05) is 13.8 Å². The van der Waals surface area contributed by atoms with E-state index >= 15 is 0 Å². The number of ether oxygens (including phenoxy) is 2. The summed E-state index contributed by atoms with van der Waals surface area (Å²) in [5.41, 5.74) is 2.91. The maximum Gasteiger partial charge on any atom is 0.290 e. The Hall–Kier alpha value is -1.75. The third-order valence-electron chi connectivity index (χ3n) is 6.08. The molecule has 1 fully saturated rings. The molecule has 1 saturated heterocycles. The van der Waals surface area contributed by atoms with Crippen molar-refractivity contribution >= 4 is 6.47 Å². The van der Waals surface area contributed by atoms with E-state index in [4.69, 9.17) is 19.4 Å². The predicted octanol–water partition coefficient (Wildman–Crippen LogP) is 6.84. The van der Waals surface area contributed by atoms with Crippen LogP contribution in [0.3, 0.4) is 0 Å². The molecule has 2 aliphatic rings. The van der Waals surface area contributed by atoms with E-state index in [0.29, 0.717) is 6.04 Å². The molecule has 0 aromatic heterocycles. The van der Waals surface area contributed by atoms with Crippen molar-refractivity contribution in [3.8, 4) is 11.5 Å². The van der Waals surface area contributed by atoms with Crippen molar-refractivity contribution < 1.29 is 19.4 Å². The van der Waals surface area contributed by atoms with Crippen LogP contribution < -0.4 is 9.47 Å². The number of benzene rings is 1. The van der Waals surface area contributed by atoms with E-state index in [1.165, 1.54) is 49.9 Å². The predicted molar refractivity (Wildman–Crippen MR) is 135 cm³/mol. The van der Waals surface area contributed by atoms with Gasteiger partial charge in [0.05, 0.1) is 14.2 Å². The summed E-state index contributed by atoms with van der Waals surface area (Å²) in [6.07, 6.45) is 6.43. The Labute approximate surface area is 197 Å². The molecule has 5 nitrogen and oxygen atoms in total. The van der Waals surface area contributed by atoms with Crippen LogP contribution in [-0.2, 0) is 11.2 Å². The quantitative estimate of drug-likeness (QED) is 0.497. The fourth-order valence-electron chi connectivity index (χ4n) is 4.31. The summed E-state index contributed by atoms with van der Waals surface area (Å²) in [4.78, 5) is 11.1. The molecular formula is C27H49NO4. The van der Waals surface area contributed by atoms with Gasteiger partial charge in [0.1, 0.15) is 0 Å². The summed E-state index contributed by atoms with van der Waals surface area (Å²) in [7, 11) is 3.45. The number of rotatable bonds is 5. The van der Waals surface area contributed by atoms with Crippen molar-refractivity contribution in [1.82, 2.24) is 4.90 Å². The summed E-state index contributed by atoms with van der Waals surface area (Å²) in [6, 6.07) is 4.98. The zero-order chi connectivity index (χ0) is 24.7. The average molecular weight is 452 g/mol. The molecule has 0 bridgehead atoms. The number of hydrogen-bond acceptors (Lipinski definition) is 4. The van der Waals surface area contributed by atoms with Crippen LogP contribution in [0, 0.1) is 17.8 Å². The maximum absolute atomic E-state index is 8.36. The Bertz CT molecular complexity index is 630. The monoisotopic (exact) mass is 451 g/mol. The lowest BCUT2D eigenvalue weighted by molar-refractivity contribution is -0.122. The van der Waals surface area contributed by atoms with E-state index in [1.54, 1.807) is 14.2 Å². The highest BCUT2D eigenvalue weighted by atomic mass is 16.5. The summed E-state index contributed by atoms with van der Waals surface area (Å²) < 4.78 is 11.0. The lowest BCUT2D eigenvalue weighted by atomic mass is 9.81. The van der Waals surface area contributed by atoms with Crippen molar-refractivity contribution in [3.63, 3.8) is 0 Å². The van der Waals surface area contributed by atoms with E-state index < -0.39 is 0 Å². The molecule has 0 radical (unpaired) electrons. The van der Waals surface area contributed by atoms with Crippen LogP contribution in [0.1, 0.15) is 91.3 Å². The third-order valence-corrected chi connectivity index (χ3v) is 6.08. The molecule has 5 heteroatoms. The average Bonchev–Trinajstić information content (AvgIpc) is 2.79. The number of methoxy groups -OCH3 is 2. The van der Waals surface area contributed by atoms with Crippen molar-refractivity contribution in [3.05, 3.63) is 23.3 Å². The first-order valence-electron chi connectivity index (χ1n) is 12.4. The first-order chi connectivity index (χ1) is 15.3. The van der Waals surface area contributed by atoms with Gasteiger partial charge in [0, 0.05) is 19.1 Å². The number of fused-ring (bicyclic) bond motifs is 3. The fraction of sp³-hybridized carbons (Fsp3) is 0.741. The summed E-state index contributed by atoms with van der Waals surface area (Å²) >= 11 is 0. The maximum atomic E-state index is 8.36. The summed E-state index contributed by atoms with van der Waals surface area (Å²) in [5.74, 6) is 4.30. The molecule has 2 atom stereocenters. The summed E-state index contributed by atoms with van der Waals surface area (Å²) in [6.45, 7) is 17.5. The molecule has 186 valence electrons. The molecule has 0 spiro atoms. The van der Waals surface area contributed by atoms with Crippen LogP contribution in [0.15, 0.2) is 12.1 Å². The Morgan fingerprint density at radius 3 is 2.06 bits per heavy atom. The molecule has 1 aromatic carbocycles. The number of hydrogen-bond donors (Lipinski definition) is 1. The van der Waals surface area contributed by atoms with Gasteiger partial charge in [-0.25, -0.2) is 0 Å².